The number of carboxylic acids is 1. The van der Waals surface area contributed by atoms with Crippen LogP contribution in [-0.2, 0) is 14.3 Å². The highest BCUT2D eigenvalue weighted by atomic mass is 16.5. The molecule has 1 aliphatic heterocycles. The van der Waals surface area contributed by atoms with E-state index in [0.29, 0.717) is 0 Å². The highest BCUT2D eigenvalue weighted by Gasteiger charge is 2.43. The summed E-state index contributed by atoms with van der Waals surface area (Å²) in [4.78, 5) is 22.6. The Bertz CT molecular complexity index is 537. The SMILES string of the molecule is CC(=O)N[C@H]1[C@H]([C@H](O)[C@H](O)CO)OC(C(=O)O)=C[C@@H]1N/C(N)=N\O. The number of aliphatic hydroxyl groups excluding tert-OH is 3. The van der Waals surface area contributed by atoms with Crippen LogP contribution in [-0.4, -0.2) is 80.5 Å². The zero-order valence-corrected chi connectivity index (χ0v) is 12.7. The average molecular weight is 348 g/mol. The van der Waals surface area contributed by atoms with E-state index < -0.39 is 60.6 Å². The average Bonchev–Trinajstić information content (AvgIpc) is 2.53. The van der Waals surface area contributed by atoms with Gasteiger partial charge in [-0.1, -0.05) is 5.16 Å². The normalized spacial score (nSPS) is 26.6. The van der Waals surface area contributed by atoms with Gasteiger partial charge in [0.15, 0.2) is 0 Å². The highest BCUT2D eigenvalue weighted by Crippen LogP contribution is 2.23. The number of hydrogen-bond donors (Lipinski definition) is 8. The first kappa shape index (κ1) is 19.5. The van der Waals surface area contributed by atoms with Crippen molar-refractivity contribution in [1.82, 2.24) is 10.6 Å². The number of nitrogens with one attached hydrogen (secondary N) is 2. The van der Waals surface area contributed by atoms with E-state index >= 15 is 0 Å². The first-order chi connectivity index (χ1) is 11.2. The van der Waals surface area contributed by atoms with Crippen molar-refractivity contribution < 1.29 is 40.0 Å². The van der Waals surface area contributed by atoms with Gasteiger partial charge in [-0.3, -0.25) is 4.79 Å². The van der Waals surface area contributed by atoms with E-state index in [4.69, 9.17) is 25.9 Å². The zero-order valence-electron chi connectivity index (χ0n) is 12.7. The summed E-state index contributed by atoms with van der Waals surface area (Å²) in [6.45, 7) is 0.348. The van der Waals surface area contributed by atoms with Crippen molar-refractivity contribution in [1.29, 1.82) is 0 Å². The third kappa shape index (κ3) is 4.71. The molecule has 5 atom stereocenters. The summed E-state index contributed by atoms with van der Waals surface area (Å²) in [5.74, 6) is -3.08. The second-order valence-corrected chi connectivity index (χ2v) is 5.04. The molecule has 1 rings (SSSR count). The molecule has 12 heteroatoms. The van der Waals surface area contributed by atoms with Gasteiger partial charge in [0.05, 0.1) is 18.7 Å². The van der Waals surface area contributed by atoms with Crippen molar-refractivity contribution in [2.45, 2.75) is 37.3 Å². The number of carbonyl (C=O) groups is 2. The van der Waals surface area contributed by atoms with Crippen molar-refractivity contribution in [2.24, 2.45) is 10.9 Å². The number of hydrogen-bond acceptors (Lipinski definition) is 8. The largest absolute Gasteiger partial charge is 0.478 e. The second kappa shape index (κ2) is 8.33. The van der Waals surface area contributed by atoms with Crippen LogP contribution in [0.1, 0.15) is 6.92 Å². The first-order valence-electron chi connectivity index (χ1n) is 6.81. The quantitative estimate of drug-likeness (QED) is 0.102. The van der Waals surface area contributed by atoms with Gasteiger partial charge in [-0.05, 0) is 6.08 Å². The minimum absolute atomic E-state index is 0.478. The van der Waals surface area contributed by atoms with Crippen LogP contribution in [0.4, 0.5) is 0 Å². The molecule has 0 aromatic carbocycles. The van der Waals surface area contributed by atoms with Crippen molar-refractivity contribution in [3.63, 3.8) is 0 Å². The first-order valence-corrected chi connectivity index (χ1v) is 6.81. The molecular weight excluding hydrogens is 328 g/mol. The fourth-order valence-electron chi connectivity index (χ4n) is 2.20. The lowest BCUT2D eigenvalue weighted by molar-refractivity contribution is -0.146. The Morgan fingerprint density at radius 3 is 2.50 bits per heavy atom. The number of rotatable bonds is 6. The van der Waals surface area contributed by atoms with Crippen molar-refractivity contribution in [3.05, 3.63) is 11.8 Å². The fourth-order valence-corrected chi connectivity index (χ4v) is 2.20. The maximum absolute atomic E-state index is 11.4. The summed E-state index contributed by atoms with van der Waals surface area (Å²) in [7, 11) is 0. The monoisotopic (exact) mass is 348 g/mol. The smallest absolute Gasteiger partial charge is 0.370 e. The molecule has 0 saturated carbocycles. The summed E-state index contributed by atoms with van der Waals surface area (Å²) in [6.07, 6.45) is -3.76. The van der Waals surface area contributed by atoms with Crippen LogP contribution in [0.5, 0.6) is 0 Å². The molecule has 0 spiro atoms. The summed E-state index contributed by atoms with van der Waals surface area (Å²) in [5.41, 5.74) is 5.33. The van der Waals surface area contributed by atoms with Crippen LogP contribution in [0, 0.1) is 0 Å². The number of aliphatic hydroxyl groups is 3. The summed E-state index contributed by atoms with van der Waals surface area (Å²) >= 11 is 0. The molecule has 9 N–H and O–H groups in total. The van der Waals surface area contributed by atoms with E-state index in [0.717, 1.165) is 6.08 Å². The molecule has 0 radical (unpaired) electrons. The Balaban J connectivity index is 3.25. The van der Waals surface area contributed by atoms with Crippen LogP contribution < -0.4 is 16.4 Å². The van der Waals surface area contributed by atoms with E-state index in [9.17, 15) is 19.8 Å². The number of guanidine groups is 1. The second-order valence-electron chi connectivity index (χ2n) is 5.04. The molecule has 1 aliphatic rings. The molecule has 0 saturated heterocycles. The predicted octanol–water partition coefficient (Wildman–Crippen LogP) is -3.77. The van der Waals surface area contributed by atoms with Crippen LogP contribution in [0.15, 0.2) is 17.0 Å². The van der Waals surface area contributed by atoms with Gasteiger partial charge >= 0.3 is 5.97 Å². The van der Waals surface area contributed by atoms with Gasteiger partial charge in [0.1, 0.15) is 18.3 Å². The topological polar surface area (TPSA) is 207 Å². The van der Waals surface area contributed by atoms with Crippen LogP contribution in [0.25, 0.3) is 0 Å². The number of nitrogens with two attached hydrogens (primary N) is 1. The summed E-state index contributed by atoms with van der Waals surface area (Å²) in [6, 6.07) is -2.14. The molecule has 0 fully saturated rings. The van der Waals surface area contributed by atoms with Gasteiger partial charge in [0, 0.05) is 6.92 Å². The number of carbonyl (C=O) groups excluding carboxylic acids is 1. The maximum Gasteiger partial charge on any atom is 0.370 e. The van der Waals surface area contributed by atoms with Gasteiger partial charge in [-0.2, -0.15) is 0 Å². The van der Waals surface area contributed by atoms with E-state index in [-0.39, 0.29) is 0 Å². The van der Waals surface area contributed by atoms with Gasteiger partial charge in [-0.15, -0.1) is 0 Å². The third-order valence-corrected chi connectivity index (χ3v) is 3.26. The van der Waals surface area contributed by atoms with Crippen LogP contribution in [0.3, 0.4) is 0 Å². The highest BCUT2D eigenvalue weighted by molar-refractivity contribution is 5.85. The molecular formula is C12H20N4O8. The lowest BCUT2D eigenvalue weighted by Crippen LogP contribution is -2.64. The number of amides is 1. The third-order valence-electron chi connectivity index (χ3n) is 3.26. The number of nitrogens with zero attached hydrogens (tertiary/aromatic N) is 1. The lowest BCUT2D eigenvalue weighted by atomic mass is 9.92. The molecule has 0 aliphatic carbocycles. The summed E-state index contributed by atoms with van der Waals surface area (Å²) in [5, 5.41) is 53.9. The molecule has 24 heavy (non-hydrogen) atoms. The Labute approximate surface area is 136 Å². The van der Waals surface area contributed by atoms with Gasteiger partial charge < -0.3 is 46.7 Å². The minimum Gasteiger partial charge on any atom is -0.478 e. The predicted molar refractivity (Wildman–Crippen MR) is 77.6 cm³/mol. The number of ether oxygens (including phenoxy) is 1. The lowest BCUT2D eigenvalue weighted by Gasteiger charge is -2.40. The number of aliphatic carboxylic acids is 1. The van der Waals surface area contributed by atoms with E-state index in [1.165, 1.54) is 6.92 Å². The van der Waals surface area contributed by atoms with Gasteiger partial charge in [-0.25, -0.2) is 4.79 Å². The minimum atomic E-state index is -1.73. The van der Waals surface area contributed by atoms with Gasteiger partial charge in [0.25, 0.3) is 0 Å². The van der Waals surface area contributed by atoms with E-state index in [1.807, 2.05) is 0 Å². The molecule has 1 amide bonds. The van der Waals surface area contributed by atoms with E-state index in [2.05, 4.69) is 15.8 Å². The fraction of sp³-hybridized carbons (Fsp3) is 0.583. The van der Waals surface area contributed by atoms with Crippen molar-refractivity contribution >= 4 is 17.8 Å². The molecule has 0 aromatic rings. The number of oxime groups is 1. The molecule has 0 bridgehead atoms. The number of carboxylic acid groups (broad SMARTS) is 1. The molecule has 12 nitrogen and oxygen atoms in total. The van der Waals surface area contributed by atoms with Crippen LogP contribution in [0.2, 0.25) is 0 Å². The molecule has 136 valence electrons. The van der Waals surface area contributed by atoms with Crippen molar-refractivity contribution in [2.75, 3.05) is 6.61 Å². The van der Waals surface area contributed by atoms with Crippen LogP contribution >= 0.6 is 0 Å². The standard InChI is InChI=1S/C12H20N4O8/c1-4(18)14-8-5(15-12(13)16-23)2-7(11(21)22)24-10(8)9(20)6(19)3-17/h2,5-6,8-10,17,19-20,23H,3H2,1H3,(H,14,18)(H,21,22)(H3,13,15,16)/t5-,6+,8+,9+,10+/m0/s1. The van der Waals surface area contributed by atoms with Crippen molar-refractivity contribution in [3.8, 4) is 0 Å². The Morgan fingerprint density at radius 1 is 1.42 bits per heavy atom. The van der Waals surface area contributed by atoms with E-state index in [1.54, 1.807) is 0 Å². The zero-order chi connectivity index (χ0) is 18.4. The van der Waals surface area contributed by atoms with Gasteiger partial charge in [0.2, 0.25) is 17.6 Å². The molecule has 0 aromatic heterocycles. The summed E-state index contributed by atoms with van der Waals surface area (Å²) < 4.78 is 5.13. The molecule has 1 heterocycles. The Kier molecular flexibility index (Phi) is 6.76. The Morgan fingerprint density at radius 2 is 2.04 bits per heavy atom. The Hall–Kier alpha value is -2.57. The molecule has 0 unspecified atom stereocenters. The maximum atomic E-state index is 11.4.